The molecule has 0 fully saturated rings. The highest BCUT2D eigenvalue weighted by atomic mass is 16.4. The average molecular weight is 280 g/mol. The molecular formula is C12H24O7. The molecular weight excluding hydrogens is 256 g/mol. The first-order chi connectivity index (χ1) is 8.21. The second kappa shape index (κ2) is 5.43. The van der Waals surface area contributed by atoms with E-state index in [2.05, 4.69) is 0 Å². The van der Waals surface area contributed by atoms with Crippen LogP contribution < -0.4 is 0 Å². The predicted octanol–water partition coefficient (Wildman–Crippen LogP) is -2.07. The summed E-state index contributed by atoms with van der Waals surface area (Å²) >= 11 is 0. The number of ketones is 1. The Morgan fingerprint density at radius 3 is 1.58 bits per heavy atom. The molecule has 0 aliphatic heterocycles. The van der Waals surface area contributed by atoms with Crippen LogP contribution in [-0.4, -0.2) is 71.5 Å². The summed E-state index contributed by atoms with van der Waals surface area (Å²) in [5, 5.41) is 59.4. The molecule has 0 aromatic carbocycles. The maximum atomic E-state index is 11.2. The van der Waals surface area contributed by atoms with Crippen LogP contribution in [0.5, 0.6) is 0 Å². The van der Waals surface area contributed by atoms with E-state index >= 15 is 0 Å². The van der Waals surface area contributed by atoms with E-state index in [1.54, 1.807) is 0 Å². The van der Waals surface area contributed by atoms with Crippen molar-refractivity contribution in [3.05, 3.63) is 0 Å². The van der Waals surface area contributed by atoms with E-state index < -0.39 is 40.9 Å². The van der Waals surface area contributed by atoms with Crippen molar-refractivity contribution < 1.29 is 35.4 Å². The third-order valence-electron chi connectivity index (χ3n) is 3.92. The van der Waals surface area contributed by atoms with Gasteiger partial charge in [0.05, 0.1) is 6.10 Å². The summed E-state index contributed by atoms with van der Waals surface area (Å²) in [5.41, 5.74) is -7.28. The molecule has 0 aromatic heterocycles. The number of aliphatic hydroxyl groups excluding tert-OH is 3. The number of Topliss-reactive ketones (excluding diaryl/α,β-unsaturated/α-hetero) is 1. The van der Waals surface area contributed by atoms with Crippen LogP contribution in [0.25, 0.3) is 0 Å². The SMILES string of the molecule is CC(=O)C(O)[C@](C)(O)[C@@](C)(O)[C@](C)(O)[C@H](O)C(C)O. The zero-order valence-electron chi connectivity index (χ0n) is 11.8. The third kappa shape index (κ3) is 2.96. The highest BCUT2D eigenvalue weighted by molar-refractivity contribution is 5.81. The van der Waals surface area contributed by atoms with Gasteiger partial charge in [0.15, 0.2) is 5.78 Å². The van der Waals surface area contributed by atoms with Gasteiger partial charge in [0, 0.05) is 0 Å². The lowest BCUT2D eigenvalue weighted by Gasteiger charge is -2.51. The Morgan fingerprint density at radius 1 is 0.947 bits per heavy atom. The third-order valence-corrected chi connectivity index (χ3v) is 3.92. The lowest BCUT2D eigenvalue weighted by atomic mass is 9.67. The molecule has 6 N–H and O–H groups in total. The Labute approximate surface area is 112 Å². The lowest BCUT2D eigenvalue weighted by molar-refractivity contribution is -0.281. The zero-order chi connectivity index (χ0) is 15.8. The van der Waals surface area contributed by atoms with Crippen molar-refractivity contribution in [3.63, 3.8) is 0 Å². The molecule has 0 saturated carbocycles. The van der Waals surface area contributed by atoms with Gasteiger partial charge in [0.25, 0.3) is 0 Å². The minimum atomic E-state index is -2.47. The van der Waals surface area contributed by atoms with Crippen LogP contribution in [0.3, 0.4) is 0 Å². The number of hydrogen-bond acceptors (Lipinski definition) is 7. The van der Waals surface area contributed by atoms with Gasteiger partial charge in [0.1, 0.15) is 29.0 Å². The normalized spacial score (nSPS) is 26.5. The molecule has 2 unspecified atom stereocenters. The van der Waals surface area contributed by atoms with Gasteiger partial charge < -0.3 is 30.6 Å². The van der Waals surface area contributed by atoms with Crippen LogP contribution in [-0.2, 0) is 4.79 Å². The smallest absolute Gasteiger partial charge is 0.161 e. The van der Waals surface area contributed by atoms with Gasteiger partial charge in [-0.15, -0.1) is 0 Å². The first kappa shape index (κ1) is 18.4. The molecule has 114 valence electrons. The fraction of sp³-hybridized carbons (Fsp3) is 0.917. The van der Waals surface area contributed by atoms with Gasteiger partial charge in [0.2, 0.25) is 0 Å². The van der Waals surface area contributed by atoms with E-state index in [4.69, 9.17) is 0 Å². The second-order valence-electron chi connectivity index (χ2n) is 5.57. The summed E-state index contributed by atoms with van der Waals surface area (Å²) < 4.78 is 0. The average Bonchev–Trinajstić information content (AvgIpc) is 2.25. The van der Waals surface area contributed by atoms with Crippen LogP contribution in [0.2, 0.25) is 0 Å². The van der Waals surface area contributed by atoms with Crippen molar-refractivity contribution in [3.8, 4) is 0 Å². The molecule has 6 atom stereocenters. The van der Waals surface area contributed by atoms with E-state index in [0.29, 0.717) is 0 Å². The Hall–Kier alpha value is -0.570. The van der Waals surface area contributed by atoms with Gasteiger partial charge in [-0.3, -0.25) is 4.79 Å². The molecule has 7 nitrogen and oxygen atoms in total. The van der Waals surface area contributed by atoms with Gasteiger partial charge in [-0.1, -0.05) is 0 Å². The zero-order valence-corrected chi connectivity index (χ0v) is 11.8. The number of carbonyl (C=O) groups is 1. The Morgan fingerprint density at radius 2 is 1.32 bits per heavy atom. The summed E-state index contributed by atoms with van der Waals surface area (Å²) in [6.07, 6.45) is -5.16. The molecule has 0 amide bonds. The second-order valence-corrected chi connectivity index (χ2v) is 5.57. The minimum Gasteiger partial charge on any atom is -0.391 e. The summed E-state index contributed by atoms with van der Waals surface area (Å²) in [7, 11) is 0. The van der Waals surface area contributed by atoms with Crippen LogP contribution in [0.4, 0.5) is 0 Å². The maximum Gasteiger partial charge on any atom is 0.161 e. The van der Waals surface area contributed by atoms with Gasteiger partial charge in [-0.25, -0.2) is 0 Å². The Bertz CT molecular complexity index is 333. The number of hydrogen-bond donors (Lipinski definition) is 6. The van der Waals surface area contributed by atoms with Crippen molar-refractivity contribution in [1.82, 2.24) is 0 Å². The Balaban J connectivity index is 5.64. The molecule has 7 heteroatoms. The molecule has 0 aliphatic rings. The monoisotopic (exact) mass is 280 g/mol. The van der Waals surface area contributed by atoms with Crippen molar-refractivity contribution in [2.75, 3.05) is 0 Å². The fourth-order valence-electron chi connectivity index (χ4n) is 1.93. The maximum absolute atomic E-state index is 11.2. The van der Waals surface area contributed by atoms with Crippen molar-refractivity contribution in [1.29, 1.82) is 0 Å². The molecule has 0 radical (unpaired) electrons. The minimum absolute atomic E-state index is 0.812. The summed E-state index contributed by atoms with van der Waals surface area (Å²) in [6.45, 7) is 5.11. The highest BCUT2D eigenvalue weighted by Crippen LogP contribution is 2.38. The summed E-state index contributed by atoms with van der Waals surface area (Å²) in [6, 6.07) is 0. The molecule has 0 saturated heterocycles. The summed E-state index contributed by atoms with van der Waals surface area (Å²) in [4.78, 5) is 11.2. The molecule has 0 spiro atoms. The first-order valence-electron chi connectivity index (χ1n) is 5.93. The number of rotatable bonds is 6. The van der Waals surface area contributed by atoms with Crippen molar-refractivity contribution >= 4 is 5.78 Å². The van der Waals surface area contributed by atoms with E-state index in [1.165, 1.54) is 6.92 Å². The Kier molecular flexibility index (Phi) is 5.27. The number of aliphatic hydroxyl groups is 6. The molecule has 0 aliphatic carbocycles. The highest BCUT2D eigenvalue weighted by Gasteiger charge is 2.61. The van der Waals surface area contributed by atoms with E-state index in [1.807, 2.05) is 0 Å². The largest absolute Gasteiger partial charge is 0.391 e. The van der Waals surface area contributed by atoms with Crippen LogP contribution >= 0.6 is 0 Å². The van der Waals surface area contributed by atoms with E-state index in [9.17, 15) is 35.4 Å². The van der Waals surface area contributed by atoms with Crippen molar-refractivity contribution in [2.24, 2.45) is 0 Å². The lowest BCUT2D eigenvalue weighted by Crippen LogP contribution is -2.73. The first-order valence-corrected chi connectivity index (χ1v) is 5.93. The number of carbonyl (C=O) groups excluding carboxylic acids is 1. The van der Waals surface area contributed by atoms with Crippen LogP contribution in [0.1, 0.15) is 34.6 Å². The topological polar surface area (TPSA) is 138 Å². The molecule has 0 aromatic rings. The molecule has 0 bridgehead atoms. The van der Waals surface area contributed by atoms with Crippen molar-refractivity contribution in [2.45, 2.75) is 69.7 Å². The standard InChI is InChI=1S/C12H24O7/c1-6(13)8(15)10(3,17)12(5,19)11(4,18)9(16)7(2)14/h6,8-9,13,15-19H,1-5H3/t6?,8-,9?,10-,11+,12+/m1/s1. The predicted molar refractivity (Wildman–Crippen MR) is 66.2 cm³/mol. The quantitative estimate of drug-likeness (QED) is 0.328. The van der Waals surface area contributed by atoms with Gasteiger partial charge in [-0.2, -0.15) is 0 Å². The molecule has 0 rings (SSSR count). The van der Waals surface area contributed by atoms with Crippen LogP contribution in [0.15, 0.2) is 0 Å². The van der Waals surface area contributed by atoms with Gasteiger partial charge >= 0.3 is 0 Å². The molecule has 0 heterocycles. The molecule has 19 heavy (non-hydrogen) atoms. The fourth-order valence-corrected chi connectivity index (χ4v) is 1.93. The van der Waals surface area contributed by atoms with E-state index in [0.717, 1.165) is 27.7 Å². The summed E-state index contributed by atoms with van der Waals surface area (Å²) in [5.74, 6) is -0.812. The van der Waals surface area contributed by atoms with Gasteiger partial charge in [-0.05, 0) is 34.6 Å². The van der Waals surface area contributed by atoms with E-state index in [-0.39, 0.29) is 0 Å². The van der Waals surface area contributed by atoms with Crippen LogP contribution in [0, 0.1) is 0 Å².